The number of methoxy groups -OCH3 is 2. The third-order valence-electron chi connectivity index (χ3n) is 3.20. The minimum absolute atomic E-state index is 0.0963. The average Bonchev–Trinajstić information content (AvgIpc) is 2.60. The van der Waals surface area contributed by atoms with Crippen molar-refractivity contribution in [2.75, 3.05) is 20.0 Å². The number of hydrogen-bond donors (Lipinski definition) is 2. The van der Waals surface area contributed by atoms with Crippen LogP contribution in [0.3, 0.4) is 0 Å². The summed E-state index contributed by atoms with van der Waals surface area (Å²) in [4.78, 5) is 20.4. The Morgan fingerprint density at radius 3 is 2.31 bits per heavy atom. The molecule has 1 heterocycles. The summed E-state index contributed by atoms with van der Waals surface area (Å²) in [6.45, 7) is 3.76. The van der Waals surface area contributed by atoms with E-state index in [0.717, 1.165) is 11.4 Å². The normalized spacial score (nSPS) is 10.8. The van der Waals surface area contributed by atoms with Gasteiger partial charge in [0, 0.05) is 17.0 Å². The predicted molar refractivity (Wildman–Crippen MR) is 99.2 cm³/mol. The Balaban J connectivity index is 1.94. The van der Waals surface area contributed by atoms with E-state index in [1.807, 2.05) is 19.9 Å². The Hall–Kier alpha value is -2.81. The number of rotatable bonds is 7. The number of ether oxygens (including phenoxy) is 2. The fraction of sp³-hybridized carbons (Fsp3) is 0.294. The van der Waals surface area contributed by atoms with Crippen LogP contribution in [-0.4, -0.2) is 47.2 Å². The second-order valence-corrected chi connectivity index (χ2v) is 6.23. The molecule has 0 fully saturated rings. The van der Waals surface area contributed by atoms with Crippen molar-refractivity contribution in [3.63, 3.8) is 0 Å². The summed E-state index contributed by atoms with van der Waals surface area (Å²) in [6, 6.07) is 5.02. The van der Waals surface area contributed by atoms with Crippen molar-refractivity contribution in [1.29, 1.82) is 0 Å². The van der Waals surface area contributed by atoms with Gasteiger partial charge in [0.25, 0.3) is 5.91 Å². The van der Waals surface area contributed by atoms with Gasteiger partial charge >= 0.3 is 0 Å². The first-order valence-corrected chi connectivity index (χ1v) is 8.63. The number of carbonyl (C=O) groups is 1. The molecule has 2 aromatic rings. The minimum Gasteiger partial charge on any atom is -0.502 e. The number of phenolic OH excluding ortho intramolecular Hbond substituents is 1. The summed E-state index contributed by atoms with van der Waals surface area (Å²) in [5, 5.41) is 14.3. The quantitative estimate of drug-likeness (QED) is 0.330. The van der Waals surface area contributed by atoms with Gasteiger partial charge in [-0.3, -0.25) is 4.79 Å². The fourth-order valence-electron chi connectivity index (χ4n) is 2.09. The maximum absolute atomic E-state index is 11.9. The van der Waals surface area contributed by atoms with Crippen LogP contribution in [0.15, 0.2) is 28.5 Å². The molecule has 138 valence electrons. The SMILES string of the molecule is COc1cc(/C=N\NC(=O)CSc2nc(C)cc(C)n2)cc(OC)c1O. The lowest BCUT2D eigenvalue weighted by atomic mass is 10.2. The summed E-state index contributed by atoms with van der Waals surface area (Å²) in [5.74, 6) is 0.259. The lowest BCUT2D eigenvalue weighted by Crippen LogP contribution is -2.19. The first kappa shape index (κ1) is 19.5. The zero-order chi connectivity index (χ0) is 19.1. The molecule has 1 amide bonds. The Morgan fingerprint density at radius 2 is 1.77 bits per heavy atom. The number of amides is 1. The van der Waals surface area contributed by atoms with Crippen molar-refractivity contribution in [2.24, 2.45) is 5.10 Å². The molecule has 0 aliphatic heterocycles. The molecule has 8 nitrogen and oxygen atoms in total. The first-order chi connectivity index (χ1) is 12.4. The molecular formula is C17H20N4O4S. The van der Waals surface area contributed by atoms with Crippen LogP contribution in [0.4, 0.5) is 0 Å². The number of aromatic hydroxyl groups is 1. The molecule has 1 aromatic heterocycles. The number of phenols is 1. The average molecular weight is 376 g/mol. The lowest BCUT2D eigenvalue weighted by Gasteiger charge is -2.09. The minimum atomic E-state index is -0.285. The zero-order valence-electron chi connectivity index (χ0n) is 14.9. The van der Waals surface area contributed by atoms with Gasteiger partial charge < -0.3 is 14.6 Å². The summed E-state index contributed by atoms with van der Waals surface area (Å²) in [7, 11) is 2.87. The van der Waals surface area contributed by atoms with E-state index in [1.165, 1.54) is 32.2 Å². The van der Waals surface area contributed by atoms with Crippen LogP contribution in [0.5, 0.6) is 17.2 Å². The van der Waals surface area contributed by atoms with E-state index in [4.69, 9.17) is 9.47 Å². The number of aryl methyl sites for hydroxylation is 2. The molecule has 1 aromatic carbocycles. The highest BCUT2D eigenvalue weighted by Gasteiger charge is 2.10. The third kappa shape index (κ3) is 5.35. The van der Waals surface area contributed by atoms with Crippen LogP contribution in [0.2, 0.25) is 0 Å². The monoisotopic (exact) mass is 376 g/mol. The van der Waals surface area contributed by atoms with Crippen molar-refractivity contribution in [3.05, 3.63) is 35.2 Å². The smallest absolute Gasteiger partial charge is 0.250 e. The van der Waals surface area contributed by atoms with Crippen molar-refractivity contribution in [2.45, 2.75) is 19.0 Å². The van der Waals surface area contributed by atoms with Gasteiger partial charge in [-0.1, -0.05) is 11.8 Å². The lowest BCUT2D eigenvalue weighted by molar-refractivity contribution is -0.118. The molecule has 9 heteroatoms. The molecule has 0 atom stereocenters. The number of carbonyl (C=O) groups excluding carboxylic acids is 1. The molecule has 0 aliphatic rings. The molecule has 0 saturated carbocycles. The van der Waals surface area contributed by atoms with E-state index in [0.29, 0.717) is 10.7 Å². The number of thioether (sulfide) groups is 1. The number of hydrazone groups is 1. The maximum atomic E-state index is 11.9. The van der Waals surface area contributed by atoms with Crippen LogP contribution in [-0.2, 0) is 4.79 Å². The van der Waals surface area contributed by atoms with Crippen molar-refractivity contribution >= 4 is 23.9 Å². The number of nitrogens with one attached hydrogen (secondary N) is 1. The second kappa shape index (κ2) is 9.04. The summed E-state index contributed by atoms with van der Waals surface area (Å²) < 4.78 is 10.1. The van der Waals surface area contributed by atoms with Crippen molar-refractivity contribution in [3.8, 4) is 17.2 Å². The fourth-order valence-corrected chi connectivity index (χ4v) is 2.83. The van der Waals surface area contributed by atoms with E-state index in [9.17, 15) is 9.90 Å². The van der Waals surface area contributed by atoms with Crippen LogP contribution < -0.4 is 14.9 Å². The number of hydrogen-bond acceptors (Lipinski definition) is 8. The van der Waals surface area contributed by atoms with E-state index in [2.05, 4.69) is 20.5 Å². The van der Waals surface area contributed by atoms with Crippen molar-refractivity contribution in [1.82, 2.24) is 15.4 Å². The summed E-state index contributed by atoms with van der Waals surface area (Å²) in [5.41, 5.74) is 4.74. The Bertz CT molecular complexity index is 781. The molecule has 2 rings (SSSR count). The van der Waals surface area contributed by atoms with Gasteiger partial charge in [0.15, 0.2) is 16.7 Å². The highest BCUT2D eigenvalue weighted by atomic mass is 32.2. The van der Waals surface area contributed by atoms with Crippen molar-refractivity contribution < 1.29 is 19.4 Å². The largest absolute Gasteiger partial charge is 0.502 e. The van der Waals surface area contributed by atoms with Gasteiger partial charge in [-0.05, 0) is 32.0 Å². The summed E-state index contributed by atoms with van der Waals surface area (Å²) >= 11 is 1.24. The highest BCUT2D eigenvalue weighted by molar-refractivity contribution is 7.99. The molecule has 2 N–H and O–H groups in total. The van der Waals surface area contributed by atoms with E-state index in [1.54, 1.807) is 12.1 Å². The van der Waals surface area contributed by atoms with Crippen LogP contribution >= 0.6 is 11.8 Å². The first-order valence-electron chi connectivity index (χ1n) is 7.65. The van der Waals surface area contributed by atoms with Gasteiger partial charge in [0.1, 0.15) is 0 Å². The molecule has 26 heavy (non-hydrogen) atoms. The van der Waals surface area contributed by atoms with Gasteiger partial charge in [0.2, 0.25) is 5.75 Å². The number of benzene rings is 1. The van der Waals surface area contributed by atoms with Gasteiger partial charge in [-0.25, -0.2) is 15.4 Å². The predicted octanol–water partition coefficient (Wildman–Crippen LogP) is 2.06. The molecule has 0 radical (unpaired) electrons. The number of aromatic nitrogens is 2. The Morgan fingerprint density at radius 1 is 1.19 bits per heavy atom. The molecule has 0 spiro atoms. The maximum Gasteiger partial charge on any atom is 0.250 e. The summed E-state index contributed by atoms with van der Waals surface area (Å²) in [6.07, 6.45) is 1.43. The molecule has 0 bridgehead atoms. The highest BCUT2D eigenvalue weighted by Crippen LogP contribution is 2.36. The van der Waals surface area contributed by atoms with Crippen LogP contribution in [0.25, 0.3) is 0 Å². The molecule has 0 unspecified atom stereocenters. The Labute approximate surface area is 155 Å². The topological polar surface area (TPSA) is 106 Å². The molecular weight excluding hydrogens is 356 g/mol. The number of nitrogens with zero attached hydrogens (tertiary/aromatic N) is 3. The molecule has 0 saturated heterocycles. The van der Waals surface area contributed by atoms with E-state index < -0.39 is 0 Å². The standard InChI is InChI=1S/C17H20N4O4S/c1-10-5-11(2)20-17(19-10)26-9-15(22)21-18-8-12-6-13(24-3)16(23)14(7-12)25-4/h5-8,23H,9H2,1-4H3,(H,21,22)/b18-8-. The van der Waals surface area contributed by atoms with Gasteiger partial charge in [-0.15, -0.1) is 0 Å². The zero-order valence-corrected chi connectivity index (χ0v) is 15.8. The Kier molecular flexibility index (Phi) is 6.79. The van der Waals surface area contributed by atoms with Gasteiger partial charge in [0.05, 0.1) is 26.2 Å². The van der Waals surface area contributed by atoms with Gasteiger partial charge in [-0.2, -0.15) is 5.10 Å². The second-order valence-electron chi connectivity index (χ2n) is 5.29. The molecule has 0 aliphatic carbocycles. The third-order valence-corrected chi connectivity index (χ3v) is 4.05. The van der Waals surface area contributed by atoms with Crippen LogP contribution in [0.1, 0.15) is 17.0 Å². The van der Waals surface area contributed by atoms with E-state index >= 15 is 0 Å². The van der Waals surface area contributed by atoms with Crippen LogP contribution in [0, 0.1) is 13.8 Å². The van der Waals surface area contributed by atoms with E-state index in [-0.39, 0.29) is 28.9 Å².